The molecule has 0 amide bonds. The number of methoxy groups -OCH3 is 1. The van der Waals surface area contributed by atoms with Crippen LogP contribution in [0.25, 0.3) is 22.7 Å². The molecule has 3 aromatic rings. The lowest BCUT2D eigenvalue weighted by Gasteiger charge is -2.00. The second-order valence-corrected chi connectivity index (χ2v) is 5.82. The van der Waals surface area contributed by atoms with Crippen LogP contribution in [0, 0.1) is 25.2 Å². The van der Waals surface area contributed by atoms with E-state index in [1.807, 2.05) is 26.0 Å². The summed E-state index contributed by atoms with van der Waals surface area (Å²) < 4.78 is 4.68. The number of rotatable bonds is 3. The predicted octanol–water partition coefficient (Wildman–Crippen LogP) is 4.03. The van der Waals surface area contributed by atoms with Crippen molar-refractivity contribution in [1.82, 2.24) is 9.97 Å². The predicted molar refractivity (Wildman–Crippen MR) is 96.8 cm³/mol. The van der Waals surface area contributed by atoms with Gasteiger partial charge in [0.1, 0.15) is 11.9 Å². The van der Waals surface area contributed by atoms with E-state index in [9.17, 15) is 10.1 Å². The number of fused-ring (bicyclic) bond motifs is 1. The number of esters is 1. The lowest BCUT2D eigenvalue weighted by Crippen LogP contribution is -2.00. The highest BCUT2D eigenvalue weighted by molar-refractivity contribution is 5.92. The number of nitrogens with zero attached hydrogens (tertiary/aromatic N) is 2. The number of aromatic nitrogens is 2. The maximum atomic E-state index is 11.5. The maximum Gasteiger partial charge on any atom is 0.337 e. The van der Waals surface area contributed by atoms with Gasteiger partial charge in [-0.2, -0.15) is 5.26 Å². The lowest BCUT2D eigenvalue weighted by molar-refractivity contribution is 0.0600. The Hall–Kier alpha value is -3.39. The van der Waals surface area contributed by atoms with E-state index in [0.29, 0.717) is 17.0 Å². The van der Waals surface area contributed by atoms with Crippen molar-refractivity contribution in [3.05, 3.63) is 64.5 Å². The molecule has 0 aliphatic carbocycles. The van der Waals surface area contributed by atoms with Crippen LogP contribution in [0.15, 0.2) is 36.4 Å². The second-order valence-electron chi connectivity index (χ2n) is 5.82. The normalized spacial score (nSPS) is 11.4. The fourth-order valence-corrected chi connectivity index (χ4v) is 2.55. The van der Waals surface area contributed by atoms with Crippen LogP contribution in [-0.2, 0) is 4.74 Å². The Labute approximate surface area is 145 Å². The zero-order chi connectivity index (χ0) is 18.0. The average molecular weight is 331 g/mol. The van der Waals surface area contributed by atoms with Crippen LogP contribution in [0.2, 0.25) is 0 Å². The monoisotopic (exact) mass is 331 g/mol. The van der Waals surface area contributed by atoms with E-state index in [1.165, 1.54) is 12.7 Å². The molecule has 0 unspecified atom stereocenters. The Balaban J connectivity index is 1.98. The molecule has 1 N–H and O–H groups in total. The largest absolute Gasteiger partial charge is 0.465 e. The van der Waals surface area contributed by atoms with Gasteiger partial charge in [0.05, 0.1) is 29.3 Å². The molecule has 2 aromatic carbocycles. The fourth-order valence-electron chi connectivity index (χ4n) is 2.55. The van der Waals surface area contributed by atoms with Crippen LogP contribution in [0.5, 0.6) is 0 Å². The van der Waals surface area contributed by atoms with Gasteiger partial charge >= 0.3 is 5.97 Å². The summed E-state index contributed by atoms with van der Waals surface area (Å²) in [6.07, 6.45) is 1.73. The van der Waals surface area contributed by atoms with Crippen LogP contribution in [0.3, 0.4) is 0 Å². The summed E-state index contributed by atoms with van der Waals surface area (Å²) in [5, 5.41) is 9.50. The zero-order valence-electron chi connectivity index (χ0n) is 14.3. The molecule has 0 radical (unpaired) electrons. The van der Waals surface area contributed by atoms with E-state index in [1.54, 1.807) is 30.3 Å². The number of hydrogen-bond acceptors (Lipinski definition) is 4. The van der Waals surface area contributed by atoms with Crippen molar-refractivity contribution in [1.29, 1.82) is 5.26 Å². The number of H-pyrrole nitrogens is 1. The zero-order valence-corrected chi connectivity index (χ0v) is 14.3. The molecular weight excluding hydrogens is 314 g/mol. The minimum atomic E-state index is -0.390. The Bertz CT molecular complexity index is 983. The first-order valence-corrected chi connectivity index (χ1v) is 7.79. The summed E-state index contributed by atoms with van der Waals surface area (Å²) in [6.45, 7) is 4.08. The van der Waals surface area contributed by atoms with E-state index in [2.05, 4.69) is 20.8 Å². The highest BCUT2D eigenvalue weighted by atomic mass is 16.5. The summed E-state index contributed by atoms with van der Waals surface area (Å²) in [5.41, 5.74) is 5.76. The average Bonchev–Trinajstić information content (AvgIpc) is 3.02. The number of nitrogens with one attached hydrogen (secondary N) is 1. The molecule has 5 heteroatoms. The van der Waals surface area contributed by atoms with Gasteiger partial charge in [-0.15, -0.1) is 0 Å². The van der Waals surface area contributed by atoms with E-state index < -0.39 is 0 Å². The molecule has 0 aliphatic heterocycles. The Morgan fingerprint density at radius 1 is 1.20 bits per heavy atom. The number of allylic oxidation sites excluding steroid dienone is 1. The van der Waals surface area contributed by atoms with Gasteiger partial charge in [-0.1, -0.05) is 12.1 Å². The van der Waals surface area contributed by atoms with E-state index in [0.717, 1.165) is 22.2 Å². The summed E-state index contributed by atoms with van der Waals surface area (Å²) in [7, 11) is 1.34. The van der Waals surface area contributed by atoms with Gasteiger partial charge in [-0.3, -0.25) is 0 Å². The highest BCUT2D eigenvalue weighted by Crippen LogP contribution is 2.22. The highest BCUT2D eigenvalue weighted by Gasteiger charge is 2.10. The van der Waals surface area contributed by atoms with Crippen LogP contribution >= 0.6 is 0 Å². The number of imidazole rings is 1. The molecule has 5 nitrogen and oxygen atoms in total. The third kappa shape index (κ3) is 3.29. The molecule has 0 fully saturated rings. The topological polar surface area (TPSA) is 78.8 Å². The molecule has 124 valence electrons. The summed E-state index contributed by atoms with van der Waals surface area (Å²) >= 11 is 0. The molecule has 1 heterocycles. The third-order valence-corrected chi connectivity index (χ3v) is 4.12. The number of aryl methyl sites for hydroxylation is 2. The second kappa shape index (κ2) is 6.62. The van der Waals surface area contributed by atoms with Crippen molar-refractivity contribution >= 4 is 28.7 Å². The molecule has 0 bridgehead atoms. The van der Waals surface area contributed by atoms with Gasteiger partial charge in [-0.05, 0) is 60.9 Å². The standard InChI is InChI=1S/C20H17N3O2/c1-12-8-17-18(9-13(12)2)23-19(22-17)16(11-21)10-14-4-6-15(7-5-14)20(24)25-3/h4-10H,1-3H3,(H,22,23)/b16-10+. The Morgan fingerprint density at radius 2 is 1.88 bits per heavy atom. The fraction of sp³-hybridized carbons (Fsp3) is 0.150. The molecule has 0 atom stereocenters. The summed E-state index contributed by atoms with van der Waals surface area (Å²) in [6, 6.07) is 13.1. The molecule has 0 saturated carbocycles. The summed E-state index contributed by atoms with van der Waals surface area (Å²) in [5.74, 6) is 0.138. The van der Waals surface area contributed by atoms with Gasteiger partial charge < -0.3 is 9.72 Å². The first-order chi connectivity index (χ1) is 12.0. The van der Waals surface area contributed by atoms with Crippen molar-refractivity contribution in [2.75, 3.05) is 7.11 Å². The van der Waals surface area contributed by atoms with Gasteiger partial charge in [0.25, 0.3) is 0 Å². The molecule has 3 rings (SSSR count). The number of hydrogen-bond donors (Lipinski definition) is 1. The molecule has 0 spiro atoms. The number of ether oxygens (including phenoxy) is 1. The van der Waals surface area contributed by atoms with Crippen molar-refractivity contribution in [2.24, 2.45) is 0 Å². The van der Waals surface area contributed by atoms with Gasteiger partial charge in [0.2, 0.25) is 0 Å². The van der Waals surface area contributed by atoms with Crippen molar-refractivity contribution in [2.45, 2.75) is 13.8 Å². The lowest BCUT2D eigenvalue weighted by atomic mass is 10.1. The van der Waals surface area contributed by atoms with Crippen molar-refractivity contribution in [3.8, 4) is 6.07 Å². The third-order valence-electron chi connectivity index (χ3n) is 4.12. The minimum Gasteiger partial charge on any atom is -0.465 e. The molecule has 0 saturated heterocycles. The Kier molecular flexibility index (Phi) is 4.36. The smallest absolute Gasteiger partial charge is 0.337 e. The van der Waals surface area contributed by atoms with Crippen LogP contribution < -0.4 is 0 Å². The maximum absolute atomic E-state index is 11.5. The SMILES string of the molecule is COC(=O)c1ccc(/C=C(\C#N)c2nc3cc(C)c(C)cc3[nH]2)cc1. The van der Waals surface area contributed by atoms with Crippen LogP contribution in [0.4, 0.5) is 0 Å². The van der Waals surface area contributed by atoms with Gasteiger partial charge in [0, 0.05) is 0 Å². The van der Waals surface area contributed by atoms with Crippen LogP contribution in [0.1, 0.15) is 32.9 Å². The van der Waals surface area contributed by atoms with Gasteiger partial charge in [-0.25, -0.2) is 9.78 Å². The number of carbonyl (C=O) groups is 1. The van der Waals surface area contributed by atoms with E-state index >= 15 is 0 Å². The van der Waals surface area contributed by atoms with Crippen molar-refractivity contribution < 1.29 is 9.53 Å². The first-order valence-electron chi connectivity index (χ1n) is 7.79. The minimum absolute atomic E-state index is 0.390. The van der Waals surface area contributed by atoms with Crippen molar-refractivity contribution in [3.63, 3.8) is 0 Å². The summed E-state index contributed by atoms with van der Waals surface area (Å²) in [4.78, 5) is 19.2. The molecule has 0 aliphatic rings. The molecule has 25 heavy (non-hydrogen) atoms. The number of carbonyl (C=O) groups excluding carboxylic acids is 1. The molecule has 1 aromatic heterocycles. The molecular formula is C20H17N3O2. The van der Waals surface area contributed by atoms with E-state index in [-0.39, 0.29) is 5.97 Å². The quantitative estimate of drug-likeness (QED) is 0.580. The Morgan fingerprint density at radius 3 is 2.52 bits per heavy atom. The number of aromatic amines is 1. The van der Waals surface area contributed by atoms with E-state index in [4.69, 9.17) is 0 Å². The van der Waals surface area contributed by atoms with Gasteiger partial charge in [0.15, 0.2) is 0 Å². The number of nitriles is 1. The first kappa shape index (κ1) is 16.5. The van der Waals surface area contributed by atoms with Crippen LogP contribution in [-0.4, -0.2) is 23.0 Å². The number of benzene rings is 2.